The fraction of sp³-hybridized carbons (Fsp3) is 1.00. The molecule has 3 rings (SSSR count). The van der Waals surface area contributed by atoms with Crippen LogP contribution in [0.25, 0.3) is 0 Å². The molecule has 3 aliphatic rings. The number of methoxy groups -OCH3 is 1. The summed E-state index contributed by atoms with van der Waals surface area (Å²) in [5.74, 6) is 2.49. The van der Waals surface area contributed by atoms with Crippen molar-refractivity contribution in [1.82, 2.24) is 0 Å². The van der Waals surface area contributed by atoms with Gasteiger partial charge in [-0.25, -0.2) is 0 Å². The third-order valence-corrected chi connectivity index (χ3v) is 9.91. The van der Waals surface area contributed by atoms with Crippen molar-refractivity contribution in [2.75, 3.05) is 7.11 Å². The first kappa shape index (κ1) is 29.3. The summed E-state index contributed by atoms with van der Waals surface area (Å²) in [7, 11) is 1.72. The Balaban J connectivity index is 1.72. The van der Waals surface area contributed by atoms with Crippen LogP contribution < -0.4 is 0 Å². The lowest BCUT2D eigenvalue weighted by Gasteiger charge is -2.51. The highest BCUT2D eigenvalue weighted by Crippen LogP contribution is 2.42. The van der Waals surface area contributed by atoms with Crippen molar-refractivity contribution in [3.63, 3.8) is 0 Å². The average molecular weight is 499 g/mol. The second-order valence-electron chi connectivity index (χ2n) is 11.8. The van der Waals surface area contributed by atoms with E-state index in [1.807, 2.05) is 0 Å². The first-order chi connectivity index (χ1) is 16.6. The van der Waals surface area contributed by atoms with Gasteiger partial charge in [0.1, 0.15) is 0 Å². The maximum Gasteiger partial charge on any atom is 0.161 e. The standard InChI is InChI=1S/C29H54O6/c1-12-22-16(5)15(4)19(8)28(31-22)34-26-18(7)21(10)29(33-24(26)14-3)35-25-17(6)20(9)27(30-11)32-23(25)13-2/h15-29H,12-14H2,1-11H3/t15-,16+,17+,18+,19?,20?,21?,22?,23?,24?,25+,26+,27?,28-,29-/m0/s1. The van der Waals surface area contributed by atoms with E-state index in [2.05, 4.69) is 69.2 Å². The maximum absolute atomic E-state index is 6.78. The molecular weight excluding hydrogens is 444 g/mol. The second kappa shape index (κ2) is 12.5. The van der Waals surface area contributed by atoms with Gasteiger partial charge in [0, 0.05) is 24.9 Å². The van der Waals surface area contributed by atoms with E-state index in [4.69, 9.17) is 28.4 Å². The van der Waals surface area contributed by atoms with Crippen molar-refractivity contribution in [3.8, 4) is 0 Å². The summed E-state index contributed by atoms with van der Waals surface area (Å²) in [5.41, 5.74) is 0. The summed E-state index contributed by atoms with van der Waals surface area (Å²) in [4.78, 5) is 0. The summed E-state index contributed by atoms with van der Waals surface area (Å²) in [5, 5.41) is 0. The summed E-state index contributed by atoms with van der Waals surface area (Å²) in [6, 6.07) is 0. The van der Waals surface area contributed by atoms with Crippen LogP contribution in [0.4, 0.5) is 0 Å². The zero-order chi connectivity index (χ0) is 26.0. The average Bonchev–Trinajstić information content (AvgIpc) is 2.86. The topological polar surface area (TPSA) is 55.4 Å². The van der Waals surface area contributed by atoms with Crippen molar-refractivity contribution in [3.05, 3.63) is 0 Å². The lowest BCUT2D eigenvalue weighted by molar-refractivity contribution is -0.347. The molecule has 0 saturated carbocycles. The molecule has 6 heteroatoms. The van der Waals surface area contributed by atoms with Gasteiger partial charge in [-0.05, 0) is 42.9 Å². The Kier molecular flexibility index (Phi) is 10.5. The summed E-state index contributed by atoms with van der Waals surface area (Å²) >= 11 is 0. The quantitative estimate of drug-likeness (QED) is 0.394. The molecule has 0 N–H and O–H groups in total. The van der Waals surface area contributed by atoms with Crippen LogP contribution in [0, 0.1) is 41.4 Å². The van der Waals surface area contributed by atoms with Crippen molar-refractivity contribution >= 4 is 0 Å². The smallest absolute Gasteiger partial charge is 0.161 e. The fourth-order valence-corrected chi connectivity index (χ4v) is 6.44. The molecule has 0 aromatic rings. The Hall–Kier alpha value is -0.240. The highest BCUT2D eigenvalue weighted by atomic mass is 16.7. The summed E-state index contributed by atoms with van der Waals surface area (Å²) < 4.78 is 38.6. The van der Waals surface area contributed by atoms with Crippen LogP contribution in [0.3, 0.4) is 0 Å². The van der Waals surface area contributed by atoms with E-state index >= 15 is 0 Å². The molecule has 0 spiro atoms. The predicted octanol–water partition coefficient (Wildman–Crippen LogP) is 6.26. The van der Waals surface area contributed by atoms with Gasteiger partial charge in [-0.3, -0.25) is 0 Å². The maximum atomic E-state index is 6.78. The van der Waals surface area contributed by atoms with Gasteiger partial charge in [-0.15, -0.1) is 0 Å². The number of rotatable bonds is 8. The Morgan fingerprint density at radius 1 is 0.457 bits per heavy atom. The molecular formula is C29H54O6. The van der Waals surface area contributed by atoms with Crippen LogP contribution in [-0.4, -0.2) is 56.5 Å². The molecule has 3 aliphatic heterocycles. The summed E-state index contributed by atoms with van der Waals surface area (Å²) in [6.45, 7) is 22.4. The number of hydrogen-bond donors (Lipinski definition) is 0. The number of hydrogen-bond acceptors (Lipinski definition) is 6. The van der Waals surface area contributed by atoms with Gasteiger partial charge in [0.25, 0.3) is 0 Å². The molecule has 0 bridgehead atoms. The van der Waals surface area contributed by atoms with Crippen molar-refractivity contribution in [1.29, 1.82) is 0 Å². The highest BCUT2D eigenvalue weighted by molar-refractivity contribution is 4.91. The lowest BCUT2D eigenvalue weighted by atomic mass is 9.78. The minimum absolute atomic E-state index is 0.00255. The fourth-order valence-electron chi connectivity index (χ4n) is 6.44. The van der Waals surface area contributed by atoms with Crippen LogP contribution in [0.15, 0.2) is 0 Å². The minimum Gasteiger partial charge on any atom is -0.356 e. The SMILES string of the molecule is CCC1O[C@@H](O[C@H]2C(CC)O[C@@H](O[C@H]3C(CC)OC(OC)C(C)[C@H]3C)C(C)[C@H]2C)C(C)[C@@H](C)[C@H]1C. The molecule has 0 aromatic heterocycles. The van der Waals surface area contributed by atoms with Crippen LogP contribution in [0.2, 0.25) is 0 Å². The van der Waals surface area contributed by atoms with Crippen LogP contribution in [0.1, 0.15) is 88.5 Å². The third-order valence-electron chi connectivity index (χ3n) is 9.91. The second-order valence-corrected chi connectivity index (χ2v) is 11.8. The molecule has 3 heterocycles. The van der Waals surface area contributed by atoms with Gasteiger partial charge in [-0.1, -0.05) is 69.2 Å². The Morgan fingerprint density at radius 3 is 1.26 bits per heavy atom. The zero-order valence-corrected chi connectivity index (χ0v) is 24.2. The van der Waals surface area contributed by atoms with Crippen molar-refractivity contribution in [2.45, 2.75) is 138 Å². The molecule has 206 valence electrons. The van der Waals surface area contributed by atoms with Crippen LogP contribution in [0.5, 0.6) is 0 Å². The van der Waals surface area contributed by atoms with Crippen molar-refractivity contribution < 1.29 is 28.4 Å². The van der Waals surface area contributed by atoms with Crippen LogP contribution in [-0.2, 0) is 28.4 Å². The predicted molar refractivity (Wildman–Crippen MR) is 138 cm³/mol. The molecule has 3 fully saturated rings. The van der Waals surface area contributed by atoms with E-state index in [1.165, 1.54) is 0 Å². The molecule has 0 aromatic carbocycles. The van der Waals surface area contributed by atoms with E-state index < -0.39 is 0 Å². The highest BCUT2D eigenvalue weighted by Gasteiger charge is 2.49. The van der Waals surface area contributed by atoms with Gasteiger partial charge in [0.05, 0.1) is 30.5 Å². The molecule has 6 nitrogen and oxygen atoms in total. The molecule has 7 unspecified atom stereocenters. The first-order valence-electron chi connectivity index (χ1n) is 14.4. The van der Waals surface area contributed by atoms with Gasteiger partial charge < -0.3 is 28.4 Å². The Morgan fingerprint density at radius 2 is 0.829 bits per heavy atom. The van der Waals surface area contributed by atoms with E-state index in [9.17, 15) is 0 Å². The van der Waals surface area contributed by atoms with Gasteiger partial charge in [0.2, 0.25) is 0 Å². The molecule has 3 saturated heterocycles. The largest absolute Gasteiger partial charge is 0.356 e. The third kappa shape index (κ3) is 5.93. The van der Waals surface area contributed by atoms with E-state index in [1.54, 1.807) is 7.11 Å². The zero-order valence-electron chi connectivity index (χ0n) is 24.2. The summed E-state index contributed by atoms with van der Waals surface area (Å²) in [6.07, 6.45) is 2.30. The monoisotopic (exact) mass is 498 g/mol. The molecule has 15 atom stereocenters. The van der Waals surface area contributed by atoms with Gasteiger partial charge in [0.15, 0.2) is 18.9 Å². The Bertz CT molecular complexity index is 639. The van der Waals surface area contributed by atoms with E-state index in [-0.39, 0.29) is 67.1 Å². The minimum atomic E-state index is -0.279. The van der Waals surface area contributed by atoms with Gasteiger partial charge >= 0.3 is 0 Å². The number of ether oxygens (including phenoxy) is 6. The normalized spacial score (nSPS) is 51.3. The van der Waals surface area contributed by atoms with E-state index in [0.29, 0.717) is 23.7 Å². The molecule has 35 heavy (non-hydrogen) atoms. The lowest BCUT2D eigenvalue weighted by Crippen LogP contribution is -2.57. The van der Waals surface area contributed by atoms with Crippen LogP contribution >= 0.6 is 0 Å². The molecule has 0 amide bonds. The van der Waals surface area contributed by atoms with E-state index in [0.717, 1.165) is 19.3 Å². The Labute approximate surface area is 215 Å². The van der Waals surface area contributed by atoms with Gasteiger partial charge in [-0.2, -0.15) is 0 Å². The first-order valence-corrected chi connectivity index (χ1v) is 14.4. The molecule has 0 radical (unpaired) electrons. The van der Waals surface area contributed by atoms with Crippen molar-refractivity contribution in [2.24, 2.45) is 41.4 Å². The molecule has 0 aliphatic carbocycles.